The summed E-state index contributed by atoms with van der Waals surface area (Å²) in [6.07, 6.45) is -2.79. The molecule has 0 radical (unpaired) electrons. The van der Waals surface area contributed by atoms with E-state index in [9.17, 15) is 24.0 Å². The number of likely N-dealkylation sites (tertiary alicyclic amines) is 2. The maximum Gasteiger partial charge on any atom is 0.512 e. The van der Waals surface area contributed by atoms with Crippen molar-refractivity contribution >= 4 is 45.9 Å². The molecule has 0 spiro atoms. The number of hydrogen-bond acceptors (Lipinski definition) is 7. The highest BCUT2D eigenvalue weighted by Gasteiger charge is 2.42. The maximum atomic E-state index is 12.7. The molecule has 4 amide bonds. The molecule has 9 nitrogen and oxygen atoms in total. The quantitative estimate of drug-likeness (QED) is 0.314. The summed E-state index contributed by atoms with van der Waals surface area (Å²) in [4.78, 5) is 63.5. The van der Waals surface area contributed by atoms with E-state index in [0.717, 1.165) is 9.80 Å². The Bertz CT molecular complexity index is 650. The second kappa shape index (κ2) is 9.00. The van der Waals surface area contributed by atoms with Crippen LogP contribution in [0.3, 0.4) is 0 Å². The fraction of sp³-hybridized carbons (Fsp3) is 0.737. The van der Waals surface area contributed by atoms with Crippen LogP contribution in [0.4, 0.5) is 4.79 Å². The minimum absolute atomic E-state index is 0.0917. The van der Waals surface area contributed by atoms with Gasteiger partial charge in [-0.05, 0) is 12.1 Å². The number of rotatable bonds is 8. The van der Waals surface area contributed by atoms with E-state index in [1.165, 1.54) is 0 Å². The minimum Gasteiger partial charge on any atom is -0.410 e. The van der Waals surface area contributed by atoms with Crippen LogP contribution in [0.1, 0.15) is 25.7 Å². The van der Waals surface area contributed by atoms with E-state index in [4.69, 9.17) is 9.47 Å². The molecule has 30 heavy (non-hydrogen) atoms. The van der Waals surface area contributed by atoms with Crippen molar-refractivity contribution in [2.45, 2.75) is 89.5 Å². The third-order valence-electron chi connectivity index (χ3n) is 4.79. The van der Waals surface area contributed by atoms with E-state index in [-0.39, 0.29) is 49.3 Å². The van der Waals surface area contributed by atoms with Gasteiger partial charge in [-0.25, -0.2) is 14.6 Å². The van der Waals surface area contributed by atoms with Crippen LogP contribution in [0, 0.1) is 0 Å². The molecule has 2 heterocycles. The molecule has 0 bridgehead atoms. The SMILES string of the molecule is C[Si](C)(C)CC(OC(=O)OC(C[Si](C)(C)C)N1C(=O)CCC1=O)N1C(=O)CCC1=O. The van der Waals surface area contributed by atoms with Crippen molar-refractivity contribution in [3.63, 3.8) is 0 Å². The predicted molar refractivity (Wildman–Crippen MR) is 114 cm³/mol. The summed E-state index contributed by atoms with van der Waals surface area (Å²) in [7, 11) is -3.66. The summed E-state index contributed by atoms with van der Waals surface area (Å²) in [5, 5.41) is 0. The number of hydrogen-bond donors (Lipinski definition) is 0. The topological polar surface area (TPSA) is 110 Å². The normalized spacial score (nSPS) is 20.1. The Balaban J connectivity index is 2.19. The van der Waals surface area contributed by atoms with E-state index in [0.29, 0.717) is 12.1 Å². The Labute approximate surface area is 179 Å². The highest BCUT2D eigenvalue weighted by atomic mass is 28.3. The fourth-order valence-electron chi connectivity index (χ4n) is 3.50. The summed E-state index contributed by atoms with van der Waals surface area (Å²) >= 11 is 0. The molecular weight excluding hydrogens is 424 g/mol. The lowest BCUT2D eigenvalue weighted by molar-refractivity contribution is -0.153. The molecule has 2 atom stereocenters. The lowest BCUT2D eigenvalue weighted by Gasteiger charge is -2.33. The van der Waals surface area contributed by atoms with Crippen LogP contribution in [0.5, 0.6) is 0 Å². The Morgan fingerprint density at radius 2 is 0.967 bits per heavy atom. The first-order valence-electron chi connectivity index (χ1n) is 10.2. The smallest absolute Gasteiger partial charge is 0.410 e. The molecule has 0 aromatic heterocycles. The molecule has 168 valence electrons. The van der Waals surface area contributed by atoms with Crippen LogP contribution in [0.15, 0.2) is 0 Å². The third kappa shape index (κ3) is 6.49. The van der Waals surface area contributed by atoms with Gasteiger partial charge < -0.3 is 9.47 Å². The highest BCUT2D eigenvalue weighted by molar-refractivity contribution is 6.76. The van der Waals surface area contributed by atoms with E-state index in [2.05, 4.69) is 0 Å². The highest BCUT2D eigenvalue weighted by Crippen LogP contribution is 2.27. The molecule has 2 aliphatic heterocycles. The molecule has 2 aliphatic rings. The average molecular weight is 457 g/mol. The van der Waals surface area contributed by atoms with Crippen LogP contribution in [0.2, 0.25) is 51.4 Å². The molecule has 0 aromatic carbocycles. The van der Waals surface area contributed by atoms with Crippen molar-refractivity contribution in [3.05, 3.63) is 0 Å². The Kier molecular flexibility index (Phi) is 7.28. The maximum absolute atomic E-state index is 12.7. The second-order valence-electron chi connectivity index (χ2n) is 10.2. The largest absolute Gasteiger partial charge is 0.512 e. The third-order valence-corrected chi connectivity index (χ3v) is 7.94. The number of carbonyl (C=O) groups is 5. The lowest BCUT2D eigenvalue weighted by atomic mass is 10.4. The molecule has 0 aromatic rings. The van der Waals surface area contributed by atoms with Gasteiger partial charge in [0.05, 0.1) is 16.1 Å². The monoisotopic (exact) mass is 456 g/mol. The van der Waals surface area contributed by atoms with E-state index < -0.39 is 34.8 Å². The average Bonchev–Trinajstić information content (AvgIpc) is 3.05. The van der Waals surface area contributed by atoms with Crippen LogP contribution in [-0.4, -0.2) is 68.2 Å². The molecule has 2 unspecified atom stereocenters. The summed E-state index contributed by atoms with van der Waals surface area (Å²) in [5.74, 6) is -1.50. The van der Waals surface area contributed by atoms with Gasteiger partial charge >= 0.3 is 6.16 Å². The van der Waals surface area contributed by atoms with Gasteiger partial charge in [0, 0.05) is 25.7 Å². The fourth-order valence-corrected chi connectivity index (χ4v) is 6.13. The summed E-state index contributed by atoms with van der Waals surface area (Å²) in [6, 6.07) is 0.750. The number of nitrogens with zero attached hydrogens (tertiary/aromatic N) is 2. The first-order valence-corrected chi connectivity index (χ1v) is 17.7. The van der Waals surface area contributed by atoms with Crippen molar-refractivity contribution in [2.75, 3.05) is 0 Å². The molecule has 2 saturated heterocycles. The first kappa shape index (κ1) is 24.3. The van der Waals surface area contributed by atoms with Gasteiger partial charge in [-0.1, -0.05) is 39.3 Å². The van der Waals surface area contributed by atoms with Crippen molar-refractivity contribution in [1.82, 2.24) is 9.80 Å². The molecule has 2 fully saturated rings. The minimum atomic E-state index is -1.83. The Hall–Kier alpha value is -2.02. The van der Waals surface area contributed by atoms with Gasteiger partial charge in [0.25, 0.3) is 0 Å². The van der Waals surface area contributed by atoms with Crippen molar-refractivity contribution in [3.8, 4) is 0 Å². The molecule has 11 heteroatoms. The van der Waals surface area contributed by atoms with Crippen molar-refractivity contribution in [2.24, 2.45) is 0 Å². The second-order valence-corrected chi connectivity index (χ2v) is 21.3. The first-order chi connectivity index (χ1) is 13.7. The van der Waals surface area contributed by atoms with Crippen LogP contribution in [0.25, 0.3) is 0 Å². The summed E-state index contributed by atoms with van der Waals surface area (Å²) < 4.78 is 10.9. The number of amides is 4. The van der Waals surface area contributed by atoms with Crippen LogP contribution >= 0.6 is 0 Å². The molecule has 0 saturated carbocycles. The standard InChI is InChI=1S/C19H32N2O7Si2/c1-29(2,3)11-17(20-13(22)7-8-14(20)23)27-19(26)28-18(12-30(4,5)6)21-15(24)9-10-16(21)25/h17-18H,7-12H2,1-6H3. The summed E-state index contributed by atoms with van der Waals surface area (Å²) in [6.45, 7) is 12.2. The Morgan fingerprint density at radius 3 is 1.20 bits per heavy atom. The summed E-state index contributed by atoms with van der Waals surface area (Å²) in [5.41, 5.74) is 0. The Morgan fingerprint density at radius 1 is 0.700 bits per heavy atom. The number of imide groups is 2. The zero-order chi connectivity index (χ0) is 22.9. The van der Waals surface area contributed by atoms with Crippen LogP contribution < -0.4 is 0 Å². The van der Waals surface area contributed by atoms with Gasteiger partial charge in [0.15, 0.2) is 12.5 Å². The zero-order valence-corrected chi connectivity index (χ0v) is 20.6. The lowest BCUT2D eigenvalue weighted by Crippen LogP contribution is -2.48. The van der Waals surface area contributed by atoms with Gasteiger partial charge in [0.1, 0.15) is 0 Å². The van der Waals surface area contributed by atoms with E-state index >= 15 is 0 Å². The molecular formula is C19H32N2O7Si2. The van der Waals surface area contributed by atoms with Gasteiger partial charge in [-0.3, -0.25) is 19.2 Å². The van der Waals surface area contributed by atoms with Gasteiger partial charge in [-0.2, -0.15) is 0 Å². The van der Waals surface area contributed by atoms with Gasteiger partial charge in [0.2, 0.25) is 23.6 Å². The molecule has 0 aliphatic carbocycles. The van der Waals surface area contributed by atoms with Gasteiger partial charge in [-0.15, -0.1) is 0 Å². The predicted octanol–water partition coefficient (Wildman–Crippen LogP) is 2.77. The van der Waals surface area contributed by atoms with E-state index in [1.807, 2.05) is 39.3 Å². The van der Waals surface area contributed by atoms with Crippen molar-refractivity contribution in [1.29, 1.82) is 0 Å². The molecule has 2 rings (SSSR count). The zero-order valence-electron chi connectivity index (χ0n) is 18.6. The number of ether oxygens (including phenoxy) is 2. The van der Waals surface area contributed by atoms with Crippen molar-refractivity contribution < 1.29 is 33.4 Å². The molecule has 0 N–H and O–H groups in total. The van der Waals surface area contributed by atoms with Crippen LogP contribution in [-0.2, 0) is 28.7 Å². The van der Waals surface area contributed by atoms with E-state index in [1.54, 1.807) is 0 Å². The number of carbonyl (C=O) groups excluding carboxylic acids is 5.